The van der Waals surface area contributed by atoms with E-state index < -0.39 is 6.10 Å². The molecule has 1 unspecified atom stereocenters. The molecule has 1 aromatic carbocycles. The van der Waals surface area contributed by atoms with Crippen LogP contribution in [0.25, 0.3) is 11.1 Å². The van der Waals surface area contributed by atoms with Crippen molar-refractivity contribution in [2.24, 2.45) is 5.73 Å². The average Bonchev–Trinajstić information content (AvgIpc) is 2.55. The van der Waals surface area contributed by atoms with Crippen LogP contribution < -0.4 is 5.73 Å². The monoisotopic (exact) mass is 226 g/mol. The Hall–Kier alpha value is -1.10. The topological polar surface area (TPSA) is 72.3 Å². The SMILES string of the molecule is Cc1nc2cc(Cl)c(C(O)CN)cc2o1. The maximum atomic E-state index is 9.60. The van der Waals surface area contributed by atoms with Crippen LogP contribution in [0.2, 0.25) is 5.02 Å². The smallest absolute Gasteiger partial charge is 0.192 e. The van der Waals surface area contributed by atoms with Crippen LogP contribution in [-0.2, 0) is 0 Å². The summed E-state index contributed by atoms with van der Waals surface area (Å²) in [5.74, 6) is 0.570. The minimum absolute atomic E-state index is 0.123. The first kappa shape index (κ1) is 10.4. The van der Waals surface area contributed by atoms with E-state index in [9.17, 15) is 5.11 Å². The van der Waals surface area contributed by atoms with E-state index in [2.05, 4.69) is 4.98 Å². The van der Waals surface area contributed by atoms with Crippen molar-refractivity contribution in [3.8, 4) is 0 Å². The lowest BCUT2D eigenvalue weighted by Gasteiger charge is -2.09. The molecule has 2 aromatic rings. The third-order valence-electron chi connectivity index (χ3n) is 2.20. The predicted octanol–water partition coefficient (Wildman–Crippen LogP) is 1.78. The zero-order chi connectivity index (χ0) is 11.0. The maximum Gasteiger partial charge on any atom is 0.192 e. The number of fused-ring (bicyclic) bond motifs is 1. The third-order valence-corrected chi connectivity index (χ3v) is 2.52. The lowest BCUT2D eigenvalue weighted by Crippen LogP contribution is -2.11. The van der Waals surface area contributed by atoms with E-state index in [0.717, 1.165) is 0 Å². The van der Waals surface area contributed by atoms with Crippen molar-refractivity contribution in [2.45, 2.75) is 13.0 Å². The minimum atomic E-state index is -0.771. The number of rotatable bonds is 2. The largest absolute Gasteiger partial charge is 0.441 e. The van der Waals surface area contributed by atoms with Crippen molar-refractivity contribution in [2.75, 3.05) is 6.54 Å². The molecule has 4 nitrogen and oxygen atoms in total. The summed E-state index contributed by atoms with van der Waals surface area (Å²) in [6.45, 7) is 1.88. The van der Waals surface area contributed by atoms with Gasteiger partial charge < -0.3 is 15.3 Å². The van der Waals surface area contributed by atoms with E-state index >= 15 is 0 Å². The zero-order valence-electron chi connectivity index (χ0n) is 8.20. The Morgan fingerprint density at radius 3 is 3.00 bits per heavy atom. The molecule has 0 spiro atoms. The van der Waals surface area contributed by atoms with Gasteiger partial charge >= 0.3 is 0 Å². The van der Waals surface area contributed by atoms with E-state index in [4.69, 9.17) is 21.8 Å². The maximum absolute atomic E-state index is 9.60. The van der Waals surface area contributed by atoms with Gasteiger partial charge in [0.15, 0.2) is 11.5 Å². The van der Waals surface area contributed by atoms with Crippen molar-refractivity contribution in [3.63, 3.8) is 0 Å². The molecule has 0 bridgehead atoms. The summed E-state index contributed by atoms with van der Waals surface area (Å²) in [6.07, 6.45) is -0.771. The summed E-state index contributed by atoms with van der Waals surface area (Å²) in [5.41, 5.74) is 7.24. The zero-order valence-corrected chi connectivity index (χ0v) is 8.95. The normalized spacial score (nSPS) is 13.3. The van der Waals surface area contributed by atoms with Crippen LogP contribution in [0.3, 0.4) is 0 Å². The van der Waals surface area contributed by atoms with Gasteiger partial charge in [0.2, 0.25) is 0 Å². The number of oxazole rings is 1. The van der Waals surface area contributed by atoms with Gasteiger partial charge in [0, 0.05) is 24.1 Å². The highest BCUT2D eigenvalue weighted by Gasteiger charge is 2.13. The van der Waals surface area contributed by atoms with Gasteiger partial charge in [-0.25, -0.2) is 4.98 Å². The van der Waals surface area contributed by atoms with Gasteiger partial charge in [-0.1, -0.05) is 11.6 Å². The fourth-order valence-corrected chi connectivity index (χ4v) is 1.75. The minimum Gasteiger partial charge on any atom is -0.441 e. The van der Waals surface area contributed by atoms with E-state index in [1.165, 1.54) is 0 Å². The van der Waals surface area contributed by atoms with E-state index in [1.54, 1.807) is 19.1 Å². The third kappa shape index (κ3) is 1.84. The number of halogens is 1. The summed E-state index contributed by atoms with van der Waals surface area (Å²) >= 11 is 5.99. The second-order valence-electron chi connectivity index (χ2n) is 3.33. The standard InChI is InChI=1S/C10H11ClN2O2/c1-5-13-8-3-7(11)6(9(14)4-12)2-10(8)15-5/h2-3,9,14H,4,12H2,1H3. The van der Waals surface area contributed by atoms with Gasteiger partial charge in [0.05, 0.1) is 6.10 Å². The highest BCUT2D eigenvalue weighted by molar-refractivity contribution is 6.32. The molecule has 3 N–H and O–H groups in total. The molecule has 1 aromatic heterocycles. The summed E-state index contributed by atoms with van der Waals surface area (Å²) in [7, 11) is 0. The first-order valence-corrected chi connectivity index (χ1v) is 4.94. The molecule has 2 rings (SSSR count). The number of aliphatic hydroxyl groups is 1. The number of hydrogen-bond acceptors (Lipinski definition) is 4. The second-order valence-corrected chi connectivity index (χ2v) is 3.73. The lowest BCUT2D eigenvalue weighted by molar-refractivity contribution is 0.187. The molecule has 0 aliphatic carbocycles. The molecule has 15 heavy (non-hydrogen) atoms. The number of aryl methyl sites for hydroxylation is 1. The number of nitrogens with two attached hydrogens (primary N) is 1. The highest BCUT2D eigenvalue weighted by Crippen LogP contribution is 2.28. The van der Waals surface area contributed by atoms with Gasteiger partial charge in [-0.3, -0.25) is 0 Å². The fourth-order valence-electron chi connectivity index (χ4n) is 1.46. The van der Waals surface area contributed by atoms with Crippen molar-refractivity contribution in [1.29, 1.82) is 0 Å². The summed E-state index contributed by atoms with van der Waals surface area (Å²) in [5, 5.41) is 10.1. The molecule has 0 fully saturated rings. The summed E-state index contributed by atoms with van der Waals surface area (Å²) < 4.78 is 5.34. The molecule has 0 saturated heterocycles. The molecule has 80 valence electrons. The van der Waals surface area contributed by atoms with Crippen LogP contribution in [0.15, 0.2) is 16.5 Å². The fraction of sp³-hybridized carbons (Fsp3) is 0.300. The molecule has 0 saturated carbocycles. The number of hydrogen-bond donors (Lipinski definition) is 2. The predicted molar refractivity (Wildman–Crippen MR) is 57.8 cm³/mol. The number of nitrogens with zero attached hydrogens (tertiary/aromatic N) is 1. The molecule has 5 heteroatoms. The Kier molecular flexibility index (Phi) is 2.65. The Labute approximate surface area is 91.7 Å². The van der Waals surface area contributed by atoms with Gasteiger partial charge in [0.1, 0.15) is 5.52 Å². The average molecular weight is 227 g/mol. The Morgan fingerprint density at radius 2 is 2.33 bits per heavy atom. The van der Waals surface area contributed by atoms with Crippen LogP contribution in [0.1, 0.15) is 17.6 Å². The van der Waals surface area contributed by atoms with Gasteiger partial charge in [-0.05, 0) is 12.1 Å². The van der Waals surface area contributed by atoms with Crippen LogP contribution in [-0.4, -0.2) is 16.6 Å². The quantitative estimate of drug-likeness (QED) is 0.819. The highest BCUT2D eigenvalue weighted by atomic mass is 35.5. The molecular formula is C10H11ClN2O2. The second kappa shape index (κ2) is 3.81. The van der Waals surface area contributed by atoms with Crippen LogP contribution in [0, 0.1) is 6.92 Å². The Morgan fingerprint density at radius 1 is 1.60 bits per heavy atom. The van der Waals surface area contributed by atoms with E-state index in [0.29, 0.717) is 27.6 Å². The molecule has 0 radical (unpaired) electrons. The summed E-state index contributed by atoms with van der Waals surface area (Å²) in [6, 6.07) is 3.34. The Bertz CT molecular complexity index is 495. The van der Waals surface area contributed by atoms with E-state index in [1.807, 2.05) is 0 Å². The number of benzene rings is 1. The molecule has 0 aliphatic rings. The van der Waals surface area contributed by atoms with Crippen molar-refractivity contribution >= 4 is 22.7 Å². The van der Waals surface area contributed by atoms with Crippen LogP contribution in [0.5, 0.6) is 0 Å². The first-order chi connectivity index (χ1) is 7.11. The van der Waals surface area contributed by atoms with Gasteiger partial charge in [-0.15, -0.1) is 0 Å². The van der Waals surface area contributed by atoms with E-state index in [-0.39, 0.29) is 6.54 Å². The van der Waals surface area contributed by atoms with Crippen LogP contribution in [0.4, 0.5) is 0 Å². The van der Waals surface area contributed by atoms with Crippen LogP contribution >= 0.6 is 11.6 Å². The number of aromatic nitrogens is 1. The lowest BCUT2D eigenvalue weighted by atomic mass is 10.1. The van der Waals surface area contributed by atoms with Crippen molar-refractivity contribution in [1.82, 2.24) is 4.98 Å². The van der Waals surface area contributed by atoms with Crippen molar-refractivity contribution < 1.29 is 9.52 Å². The molecular weight excluding hydrogens is 216 g/mol. The molecule has 0 aliphatic heterocycles. The van der Waals surface area contributed by atoms with Gasteiger partial charge in [0.25, 0.3) is 0 Å². The Balaban J connectivity index is 2.60. The summed E-state index contributed by atoms with van der Waals surface area (Å²) in [4.78, 5) is 4.14. The molecule has 1 atom stereocenters. The van der Waals surface area contributed by atoms with Crippen molar-refractivity contribution in [3.05, 3.63) is 28.6 Å². The number of aliphatic hydroxyl groups excluding tert-OH is 1. The first-order valence-electron chi connectivity index (χ1n) is 4.56. The molecule has 1 heterocycles. The van der Waals surface area contributed by atoms with Gasteiger partial charge in [-0.2, -0.15) is 0 Å². The molecule has 0 amide bonds.